The van der Waals surface area contributed by atoms with Gasteiger partial charge in [0.25, 0.3) is 0 Å². The van der Waals surface area contributed by atoms with E-state index in [1.807, 2.05) is 46.0 Å². The molecule has 0 saturated heterocycles. The molecule has 0 spiro atoms. The van der Waals surface area contributed by atoms with Crippen LogP contribution in [0.4, 0.5) is 11.4 Å². The standard InChI is InChI=1S/C15H20N4OS/c1-9-5-6-12(16)8-13(9)17-15(20)11(3)21-14-7-10(2)18-19(14)4/h5-8,11H,16H2,1-4H3,(H,17,20). The molecular weight excluding hydrogens is 284 g/mol. The lowest BCUT2D eigenvalue weighted by Crippen LogP contribution is -2.23. The van der Waals surface area contributed by atoms with Gasteiger partial charge in [-0.2, -0.15) is 5.10 Å². The molecule has 2 rings (SSSR count). The van der Waals surface area contributed by atoms with Crippen LogP contribution in [0.25, 0.3) is 0 Å². The summed E-state index contributed by atoms with van der Waals surface area (Å²) in [4.78, 5) is 12.3. The summed E-state index contributed by atoms with van der Waals surface area (Å²) in [7, 11) is 1.88. The van der Waals surface area contributed by atoms with Crippen LogP contribution in [0.5, 0.6) is 0 Å². The second-order valence-corrected chi connectivity index (χ2v) is 6.43. The zero-order valence-electron chi connectivity index (χ0n) is 12.7. The van der Waals surface area contributed by atoms with Crippen molar-refractivity contribution in [3.8, 4) is 0 Å². The highest BCUT2D eigenvalue weighted by Gasteiger charge is 2.17. The second kappa shape index (κ2) is 6.22. The number of hydrogen-bond donors (Lipinski definition) is 2. The Kier molecular flexibility index (Phi) is 4.57. The molecule has 112 valence electrons. The van der Waals surface area contributed by atoms with E-state index in [2.05, 4.69) is 10.4 Å². The van der Waals surface area contributed by atoms with Gasteiger partial charge in [0.05, 0.1) is 16.0 Å². The van der Waals surface area contributed by atoms with Crippen LogP contribution in [0.15, 0.2) is 29.3 Å². The topological polar surface area (TPSA) is 72.9 Å². The third-order valence-electron chi connectivity index (χ3n) is 3.15. The van der Waals surface area contributed by atoms with Gasteiger partial charge in [0.1, 0.15) is 0 Å². The molecule has 0 aliphatic rings. The number of carbonyl (C=O) groups excluding carboxylic acids is 1. The minimum atomic E-state index is -0.222. The van der Waals surface area contributed by atoms with E-state index >= 15 is 0 Å². The number of nitrogens with zero attached hydrogens (tertiary/aromatic N) is 2. The summed E-state index contributed by atoms with van der Waals surface area (Å²) in [6.07, 6.45) is 0. The van der Waals surface area contributed by atoms with Gasteiger partial charge in [-0.25, -0.2) is 0 Å². The fourth-order valence-electron chi connectivity index (χ4n) is 1.94. The average molecular weight is 304 g/mol. The summed E-state index contributed by atoms with van der Waals surface area (Å²) in [5.41, 5.74) is 9.09. The van der Waals surface area contributed by atoms with Crippen molar-refractivity contribution in [2.24, 2.45) is 7.05 Å². The lowest BCUT2D eigenvalue weighted by molar-refractivity contribution is -0.115. The number of nitrogens with two attached hydrogens (primary N) is 1. The van der Waals surface area contributed by atoms with Gasteiger partial charge in [-0.05, 0) is 44.5 Å². The van der Waals surface area contributed by atoms with Gasteiger partial charge in [-0.15, -0.1) is 0 Å². The highest BCUT2D eigenvalue weighted by atomic mass is 32.2. The van der Waals surface area contributed by atoms with Crippen molar-refractivity contribution in [2.45, 2.75) is 31.0 Å². The molecule has 21 heavy (non-hydrogen) atoms. The van der Waals surface area contributed by atoms with E-state index in [9.17, 15) is 4.79 Å². The third kappa shape index (κ3) is 3.78. The Morgan fingerprint density at radius 1 is 1.38 bits per heavy atom. The van der Waals surface area contributed by atoms with Gasteiger partial charge in [-0.1, -0.05) is 17.8 Å². The van der Waals surface area contributed by atoms with Crippen molar-refractivity contribution in [2.75, 3.05) is 11.1 Å². The van der Waals surface area contributed by atoms with Gasteiger partial charge in [-0.3, -0.25) is 9.48 Å². The molecular formula is C15H20N4OS. The van der Waals surface area contributed by atoms with Crippen LogP contribution in [-0.2, 0) is 11.8 Å². The van der Waals surface area contributed by atoms with Gasteiger partial charge >= 0.3 is 0 Å². The van der Waals surface area contributed by atoms with Crippen LogP contribution >= 0.6 is 11.8 Å². The quantitative estimate of drug-likeness (QED) is 0.673. The first-order valence-corrected chi connectivity index (χ1v) is 7.59. The van der Waals surface area contributed by atoms with Crippen molar-refractivity contribution >= 4 is 29.0 Å². The van der Waals surface area contributed by atoms with E-state index in [1.165, 1.54) is 11.8 Å². The maximum absolute atomic E-state index is 12.3. The molecule has 1 unspecified atom stereocenters. The van der Waals surface area contributed by atoms with E-state index in [4.69, 9.17) is 5.73 Å². The molecule has 1 aromatic heterocycles. The molecule has 1 heterocycles. The van der Waals surface area contributed by atoms with Gasteiger partial charge in [0.15, 0.2) is 0 Å². The Labute approximate surface area is 128 Å². The molecule has 1 amide bonds. The number of amides is 1. The predicted molar refractivity (Wildman–Crippen MR) is 87.5 cm³/mol. The van der Waals surface area contributed by atoms with Crippen molar-refractivity contribution in [3.63, 3.8) is 0 Å². The number of nitrogen functional groups attached to an aromatic ring is 1. The SMILES string of the molecule is Cc1cc(SC(C)C(=O)Nc2cc(N)ccc2C)n(C)n1. The highest BCUT2D eigenvalue weighted by molar-refractivity contribution is 8.00. The molecule has 2 aromatic rings. The third-order valence-corrected chi connectivity index (χ3v) is 4.34. The summed E-state index contributed by atoms with van der Waals surface area (Å²) in [5, 5.41) is 7.96. The lowest BCUT2D eigenvalue weighted by atomic mass is 10.2. The Morgan fingerprint density at radius 3 is 2.71 bits per heavy atom. The van der Waals surface area contributed by atoms with E-state index in [0.29, 0.717) is 5.69 Å². The first-order chi connectivity index (χ1) is 9.86. The van der Waals surface area contributed by atoms with Crippen LogP contribution in [0.2, 0.25) is 0 Å². The zero-order valence-corrected chi connectivity index (χ0v) is 13.5. The lowest BCUT2D eigenvalue weighted by Gasteiger charge is -2.14. The first-order valence-electron chi connectivity index (χ1n) is 6.71. The average Bonchev–Trinajstić information content (AvgIpc) is 2.72. The molecule has 0 fully saturated rings. The number of aryl methyl sites for hydroxylation is 3. The second-order valence-electron chi connectivity index (χ2n) is 5.07. The van der Waals surface area contributed by atoms with Crippen LogP contribution in [0.3, 0.4) is 0 Å². The van der Waals surface area contributed by atoms with Crippen molar-refractivity contribution in [3.05, 3.63) is 35.5 Å². The summed E-state index contributed by atoms with van der Waals surface area (Å²) in [6, 6.07) is 7.47. The number of hydrogen-bond acceptors (Lipinski definition) is 4. The van der Waals surface area contributed by atoms with Crippen molar-refractivity contribution in [1.82, 2.24) is 9.78 Å². The molecule has 6 heteroatoms. The minimum Gasteiger partial charge on any atom is -0.399 e. The molecule has 0 saturated carbocycles. The molecule has 3 N–H and O–H groups in total. The fraction of sp³-hybridized carbons (Fsp3) is 0.333. The number of rotatable bonds is 4. The molecule has 1 atom stereocenters. The maximum atomic E-state index is 12.3. The summed E-state index contributed by atoms with van der Waals surface area (Å²) < 4.78 is 1.79. The van der Waals surface area contributed by atoms with E-state index < -0.39 is 0 Å². The van der Waals surface area contributed by atoms with Gasteiger partial charge in [0, 0.05) is 18.4 Å². The Hall–Kier alpha value is -1.95. The molecule has 0 radical (unpaired) electrons. The smallest absolute Gasteiger partial charge is 0.237 e. The first kappa shape index (κ1) is 15.4. The summed E-state index contributed by atoms with van der Waals surface area (Å²) in [5.74, 6) is -0.0486. The molecule has 1 aromatic carbocycles. The molecule has 5 nitrogen and oxygen atoms in total. The fourth-order valence-corrected chi connectivity index (χ4v) is 2.90. The Bertz CT molecular complexity index is 666. The van der Waals surface area contributed by atoms with Crippen molar-refractivity contribution in [1.29, 1.82) is 0 Å². The van der Waals surface area contributed by atoms with Crippen LogP contribution < -0.4 is 11.1 Å². The monoisotopic (exact) mass is 304 g/mol. The molecule has 0 bridgehead atoms. The normalized spacial score (nSPS) is 12.2. The highest BCUT2D eigenvalue weighted by Crippen LogP contribution is 2.25. The van der Waals surface area contributed by atoms with E-state index in [1.54, 1.807) is 10.7 Å². The number of nitrogens with one attached hydrogen (secondary N) is 1. The van der Waals surface area contributed by atoms with E-state index in [-0.39, 0.29) is 11.2 Å². The Balaban J connectivity index is 2.06. The summed E-state index contributed by atoms with van der Waals surface area (Å²) in [6.45, 7) is 5.76. The number of anilines is 2. The molecule has 0 aliphatic heterocycles. The van der Waals surface area contributed by atoms with Crippen LogP contribution in [0.1, 0.15) is 18.2 Å². The van der Waals surface area contributed by atoms with Crippen LogP contribution in [-0.4, -0.2) is 20.9 Å². The van der Waals surface area contributed by atoms with Gasteiger partial charge in [0.2, 0.25) is 5.91 Å². The number of aromatic nitrogens is 2. The summed E-state index contributed by atoms with van der Waals surface area (Å²) >= 11 is 1.49. The van der Waals surface area contributed by atoms with Crippen LogP contribution in [0, 0.1) is 13.8 Å². The molecule has 0 aliphatic carbocycles. The van der Waals surface area contributed by atoms with Gasteiger partial charge < -0.3 is 11.1 Å². The number of benzene rings is 1. The number of carbonyl (C=O) groups is 1. The van der Waals surface area contributed by atoms with Crippen molar-refractivity contribution < 1.29 is 4.79 Å². The number of thioether (sulfide) groups is 1. The van der Waals surface area contributed by atoms with E-state index in [0.717, 1.165) is 22.0 Å². The maximum Gasteiger partial charge on any atom is 0.237 e. The minimum absolute atomic E-state index is 0.0486. The predicted octanol–water partition coefficient (Wildman–Crippen LogP) is 2.74. The zero-order chi connectivity index (χ0) is 15.6. The largest absolute Gasteiger partial charge is 0.399 e. The Morgan fingerprint density at radius 2 is 2.10 bits per heavy atom.